The number of para-hydroxylation sites is 1. The van der Waals surface area contributed by atoms with Crippen molar-refractivity contribution in [2.24, 2.45) is 0 Å². The van der Waals surface area contributed by atoms with E-state index in [4.69, 9.17) is 34.3 Å². The van der Waals surface area contributed by atoms with Gasteiger partial charge < -0.3 is 4.42 Å². The normalized spacial score (nSPS) is 11.8. The lowest BCUT2D eigenvalue weighted by Crippen LogP contribution is -2.02. The van der Waals surface area contributed by atoms with Crippen LogP contribution in [0.5, 0.6) is 0 Å². The first kappa shape index (κ1) is 32.2. The maximum absolute atomic E-state index is 6.40. The van der Waals surface area contributed by atoms with Gasteiger partial charge in [0.25, 0.3) is 0 Å². The molecule has 0 spiro atoms. The van der Waals surface area contributed by atoms with Crippen LogP contribution >= 0.6 is 0 Å². The molecule has 0 unspecified atom stereocenters. The molecule has 7 aromatic carbocycles. The highest BCUT2D eigenvalue weighted by atomic mass is 16.3. The Kier molecular flexibility index (Phi) is 7.06. The Morgan fingerprint density at radius 2 is 0.897 bits per heavy atom. The zero-order valence-electron chi connectivity index (χ0n) is 30.8. The van der Waals surface area contributed by atoms with Gasteiger partial charge in [0.15, 0.2) is 28.9 Å². The Morgan fingerprint density at radius 3 is 1.59 bits per heavy atom. The molecule has 0 N–H and O–H groups in total. The molecule has 8 heteroatoms. The molecule has 8 nitrogen and oxygen atoms in total. The van der Waals surface area contributed by atoms with E-state index in [1.807, 2.05) is 121 Å². The quantitative estimate of drug-likeness (QED) is 0.162. The summed E-state index contributed by atoms with van der Waals surface area (Å²) in [6, 6.07) is 59.2. The Hall–Kier alpha value is -8.10. The second-order valence-corrected chi connectivity index (χ2v) is 14.3. The molecule has 0 bridgehead atoms. The van der Waals surface area contributed by atoms with Crippen LogP contribution in [0.2, 0.25) is 0 Å². The lowest BCUT2D eigenvalue weighted by molar-refractivity contribution is 0.669. The van der Waals surface area contributed by atoms with Crippen molar-refractivity contribution in [3.63, 3.8) is 0 Å². The van der Waals surface area contributed by atoms with Crippen molar-refractivity contribution in [2.75, 3.05) is 0 Å². The first-order valence-corrected chi connectivity index (χ1v) is 19.1. The number of fused-ring (bicyclic) bond motifs is 11. The molecule has 0 amide bonds. The SMILES string of the molecule is c1ccc(-c2nc(-c3ccccc3)nc(-c3cccc4c3c3ccccc3c3nc5nc(-c6ccccc6)nc(-c6cccc7oc8ccccc8c67)c5n43)n2)cc1. The zero-order chi connectivity index (χ0) is 38.2. The second-order valence-electron chi connectivity index (χ2n) is 14.3. The second kappa shape index (κ2) is 12.7. The van der Waals surface area contributed by atoms with Crippen molar-refractivity contribution in [3.05, 3.63) is 176 Å². The Bertz CT molecular complexity index is 3510. The maximum atomic E-state index is 6.40. The number of hydrogen-bond donors (Lipinski definition) is 0. The monoisotopic (exact) mass is 743 g/mol. The van der Waals surface area contributed by atoms with Crippen LogP contribution in [0.15, 0.2) is 180 Å². The summed E-state index contributed by atoms with van der Waals surface area (Å²) >= 11 is 0. The smallest absolute Gasteiger partial charge is 0.183 e. The minimum Gasteiger partial charge on any atom is -0.456 e. The summed E-state index contributed by atoms with van der Waals surface area (Å²) in [5, 5.41) is 5.00. The molecule has 0 saturated carbocycles. The molecule has 0 aliphatic rings. The molecule has 0 fully saturated rings. The number of furan rings is 1. The van der Waals surface area contributed by atoms with E-state index in [2.05, 4.69) is 59.0 Å². The van der Waals surface area contributed by atoms with E-state index in [0.29, 0.717) is 28.9 Å². The molecular weight excluding hydrogens is 715 g/mol. The van der Waals surface area contributed by atoms with Gasteiger partial charge in [-0.2, -0.15) is 0 Å². The van der Waals surface area contributed by atoms with Crippen LogP contribution < -0.4 is 0 Å². The summed E-state index contributed by atoms with van der Waals surface area (Å²) in [6.07, 6.45) is 0. The summed E-state index contributed by atoms with van der Waals surface area (Å²) in [4.78, 5) is 31.3. The predicted molar refractivity (Wildman–Crippen MR) is 231 cm³/mol. The lowest BCUT2D eigenvalue weighted by atomic mass is 9.99. The van der Waals surface area contributed by atoms with E-state index in [0.717, 1.165) is 88.3 Å². The molecule has 0 aliphatic heterocycles. The van der Waals surface area contributed by atoms with Gasteiger partial charge in [-0.3, -0.25) is 4.40 Å². The van der Waals surface area contributed by atoms with Crippen molar-refractivity contribution < 1.29 is 4.42 Å². The van der Waals surface area contributed by atoms with Crippen LogP contribution in [0, 0.1) is 0 Å². The molecule has 0 saturated heterocycles. The van der Waals surface area contributed by atoms with Gasteiger partial charge in [-0.05, 0) is 23.6 Å². The summed E-state index contributed by atoms with van der Waals surface area (Å²) in [5.41, 5.74) is 10.0. The topological polar surface area (TPSA) is 94.9 Å². The van der Waals surface area contributed by atoms with Crippen LogP contribution in [-0.4, -0.2) is 34.3 Å². The van der Waals surface area contributed by atoms with Crippen LogP contribution in [0.3, 0.4) is 0 Å². The average molecular weight is 744 g/mol. The minimum absolute atomic E-state index is 0.574. The van der Waals surface area contributed by atoms with Crippen molar-refractivity contribution in [2.45, 2.75) is 0 Å². The average Bonchev–Trinajstić information content (AvgIpc) is 3.89. The van der Waals surface area contributed by atoms with E-state index in [1.165, 1.54) is 0 Å². The van der Waals surface area contributed by atoms with Crippen molar-refractivity contribution in [1.29, 1.82) is 0 Å². The highest BCUT2D eigenvalue weighted by Crippen LogP contribution is 2.42. The van der Waals surface area contributed by atoms with E-state index in [-0.39, 0.29) is 0 Å². The van der Waals surface area contributed by atoms with Gasteiger partial charge in [0.05, 0.1) is 5.52 Å². The number of aromatic nitrogens is 7. The van der Waals surface area contributed by atoms with E-state index in [1.54, 1.807) is 0 Å². The summed E-state index contributed by atoms with van der Waals surface area (Å²) < 4.78 is 8.62. The fraction of sp³-hybridized carbons (Fsp3) is 0. The van der Waals surface area contributed by atoms with Crippen LogP contribution in [0.4, 0.5) is 0 Å². The van der Waals surface area contributed by atoms with Gasteiger partial charge >= 0.3 is 0 Å². The molecule has 270 valence electrons. The number of benzene rings is 7. The largest absolute Gasteiger partial charge is 0.456 e. The molecule has 12 aromatic rings. The number of rotatable bonds is 5. The number of nitrogens with zero attached hydrogens (tertiary/aromatic N) is 7. The van der Waals surface area contributed by atoms with Crippen LogP contribution in [0.25, 0.3) is 117 Å². The zero-order valence-corrected chi connectivity index (χ0v) is 30.8. The third-order valence-corrected chi connectivity index (χ3v) is 10.9. The summed E-state index contributed by atoms with van der Waals surface area (Å²) in [6.45, 7) is 0. The predicted octanol–water partition coefficient (Wildman–Crippen LogP) is 12.0. The van der Waals surface area contributed by atoms with Crippen molar-refractivity contribution in [1.82, 2.24) is 34.3 Å². The molecular formula is C50H29N7O. The van der Waals surface area contributed by atoms with Gasteiger partial charge in [0.2, 0.25) is 0 Å². The maximum Gasteiger partial charge on any atom is 0.183 e. The van der Waals surface area contributed by atoms with Gasteiger partial charge in [-0.15, -0.1) is 0 Å². The van der Waals surface area contributed by atoms with Gasteiger partial charge in [0.1, 0.15) is 28.0 Å². The van der Waals surface area contributed by atoms with E-state index >= 15 is 0 Å². The molecule has 0 radical (unpaired) electrons. The number of hydrogen-bond acceptors (Lipinski definition) is 7. The summed E-state index contributed by atoms with van der Waals surface area (Å²) in [5.74, 6) is 2.37. The first-order valence-electron chi connectivity index (χ1n) is 19.1. The fourth-order valence-corrected chi connectivity index (χ4v) is 8.30. The number of imidazole rings is 1. The van der Waals surface area contributed by atoms with E-state index < -0.39 is 0 Å². The third-order valence-electron chi connectivity index (χ3n) is 10.9. The number of pyridine rings is 1. The lowest BCUT2D eigenvalue weighted by Gasteiger charge is -2.15. The third kappa shape index (κ3) is 4.95. The molecule has 5 heterocycles. The van der Waals surface area contributed by atoms with Gasteiger partial charge in [-0.1, -0.05) is 158 Å². The van der Waals surface area contributed by atoms with Crippen LogP contribution in [0.1, 0.15) is 0 Å². The van der Waals surface area contributed by atoms with Crippen LogP contribution in [-0.2, 0) is 0 Å². The molecule has 58 heavy (non-hydrogen) atoms. The molecule has 5 aromatic heterocycles. The van der Waals surface area contributed by atoms with Crippen molar-refractivity contribution >= 4 is 60.4 Å². The minimum atomic E-state index is 0.574. The van der Waals surface area contributed by atoms with Gasteiger partial charge in [-0.25, -0.2) is 29.9 Å². The Balaban J connectivity index is 1.23. The van der Waals surface area contributed by atoms with E-state index in [9.17, 15) is 0 Å². The fourth-order valence-electron chi connectivity index (χ4n) is 8.30. The summed E-state index contributed by atoms with van der Waals surface area (Å²) in [7, 11) is 0. The van der Waals surface area contributed by atoms with Crippen molar-refractivity contribution in [3.8, 4) is 56.8 Å². The Labute approximate surface area is 330 Å². The van der Waals surface area contributed by atoms with Gasteiger partial charge in [0, 0.05) is 49.4 Å². The highest BCUT2D eigenvalue weighted by molar-refractivity contribution is 6.20. The first-order chi connectivity index (χ1) is 28.8. The highest BCUT2D eigenvalue weighted by Gasteiger charge is 2.25. The molecule has 0 atom stereocenters. The standard InChI is InChI=1S/C50H29N7O/c1-4-16-30(17-5-1)45-51-43(36-25-15-29-40-42(36)35-24-12-13-28-39(35)58-40)44-49(55-45)56-50-34-23-11-10-22-33(34)41-37(26-14-27-38(41)57(44)50)48-53-46(31-18-6-2-7-19-31)52-47(54-48)32-20-8-3-9-21-32/h1-29H. The molecule has 0 aliphatic carbocycles. The molecule has 12 rings (SSSR count). The Morgan fingerprint density at radius 1 is 0.362 bits per heavy atom.